The molecule has 1 atom stereocenters. The molecule has 0 aliphatic carbocycles. The van der Waals surface area contributed by atoms with Gasteiger partial charge in [0.05, 0.1) is 12.2 Å². The van der Waals surface area contributed by atoms with E-state index in [2.05, 4.69) is 26.7 Å². The summed E-state index contributed by atoms with van der Waals surface area (Å²) in [6.07, 6.45) is 4.90. The molecular weight excluding hydrogens is 554 g/mol. The first-order valence-corrected chi connectivity index (χ1v) is 14.4. The second kappa shape index (κ2) is 11.2. The van der Waals surface area contributed by atoms with Gasteiger partial charge in [-0.15, -0.1) is 0 Å². The quantitative estimate of drug-likeness (QED) is 0.277. The van der Waals surface area contributed by atoms with E-state index in [0.29, 0.717) is 33.2 Å². The maximum Gasteiger partial charge on any atom is 0.269 e. The lowest BCUT2D eigenvalue weighted by molar-refractivity contribution is 0.0958. The van der Waals surface area contributed by atoms with Gasteiger partial charge in [-0.25, -0.2) is 9.67 Å². The lowest BCUT2D eigenvalue weighted by atomic mass is 9.97. The molecule has 5 aromatic rings. The minimum absolute atomic E-state index is 0.0681. The molecule has 0 spiro atoms. The second-order valence-electron chi connectivity index (χ2n) is 10.7. The van der Waals surface area contributed by atoms with Gasteiger partial charge < -0.3 is 15.4 Å². The molecule has 42 heavy (non-hydrogen) atoms. The Morgan fingerprint density at radius 2 is 1.93 bits per heavy atom. The summed E-state index contributed by atoms with van der Waals surface area (Å²) >= 11 is 6.29. The summed E-state index contributed by atoms with van der Waals surface area (Å²) in [6.45, 7) is 5.78. The van der Waals surface area contributed by atoms with Crippen molar-refractivity contribution in [3.8, 4) is 17.0 Å². The molecule has 0 saturated carbocycles. The molecule has 1 saturated heterocycles. The van der Waals surface area contributed by atoms with Crippen LogP contribution in [0.4, 0.5) is 0 Å². The first-order valence-electron chi connectivity index (χ1n) is 14.0. The number of benzene rings is 1. The molecule has 1 fully saturated rings. The largest absolute Gasteiger partial charge is 0.484 e. The number of piperidine rings is 1. The normalized spacial score (nSPS) is 14.8. The van der Waals surface area contributed by atoms with Crippen molar-refractivity contribution in [2.24, 2.45) is 7.05 Å². The fourth-order valence-electron chi connectivity index (χ4n) is 5.84. The van der Waals surface area contributed by atoms with Crippen LogP contribution in [0.3, 0.4) is 0 Å². The smallest absolute Gasteiger partial charge is 0.269 e. The Labute approximate surface area is 247 Å². The number of hydrogen-bond acceptors (Lipinski definition) is 7. The van der Waals surface area contributed by atoms with Crippen molar-refractivity contribution < 1.29 is 9.53 Å². The summed E-state index contributed by atoms with van der Waals surface area (Å²) in [7, 11) is 3.38. The van der Waals surface area contributed by atoms with Crippen molar-refractivity contribution in [2.75, 3.05) is 20.1 Å². The van der Waals surface area contributed by atoms with Crippen LogP contribution in [0.5, 0.6) is 5.75 Å². The Hall–Kier alpha value is -4.28. The van der Waals surface area contributed by atoms with Crippen molar-refractivity contribution in [1.82, 2.24) is 34.9 Å². The Bertz CT molecular complexity index is 1870. The Kier molecular flexibility index (Phi) is 7.42. The lowest BCUT2D eigenvalue weighted by Crippen LogP contribution is -2.31. The molecule has 1 aliphatic heterocycles. The molecule has 1 unspecified atom stereocenters. The van der Waals surface area contributed by atoms with Crippen LogP contribution in [0.25, 0.3) is 33.1 Å². The number of hydrogen-bond donors (Lipinski definition) is 2. The summed E-state index contributed by atoms with van der Waals surface area (Å²) in [6, 6.07) is 11.1. The highest BCUT2D eigenvalue weighted by molar-refractivity contribution is 6.29. The molecule has 216 valence electrons. The molecule has 10 nitrogen and oxygen atoms in total. The number of ether oxygens (including phenoxy) is 1. The van der Waals surface area contributed by atoms with Crippen LogP contribution in [0.2, 0.25) is 5.15 Å². The monoisotopic (exact) mass is 585 g/mol. The zero-order valence-electron chi connectivity index (χ0n) is 23.9. The highest BCUT2D eigenvalue weighted by Gasteiger charge is 2.25. The van der Waals surface area contributed by atoms with E-state index >= 15 is 0 Å². The molecule has 4 aromatic heterocycles. The Morgan fingerprint density at radius 3 is 2.64 bits per heavy atom. The Balaban J connectivity index is 1.46. The van der Waals surface area contributed by atoms with Crippen molar-refractivity contribution in [1.29, 1.82) is 0 Å². The van der Waals surface area contributed by atoms with Crippen molar-refractivity contribution in [3.05, 3.63) is 81.1 Å². The maximum atomic E-state index is 13.7. The molecule has 2 N–H and O–H groups in total. The van der Waals surface area contributed by atoms with Crippen molar-refractivity contribution in [2.45, 2.75) is 38.8 Å². The average Bonchev–Trinajstić information content (AvgIpc) is 3.45. The van der Waals surface area contributed by atoms with E-state index in [4.69, 9.17) is 21.4 Å². The summed E-state index contributed by atoms with van der Waals surface area (Å²) in [5.74, 6) is 0.222. The number of aryl methyl sites for hydroxylation is 2. The van der Waals surface area contributed by atoms with Gasteiger partial charge in [-0.3, -0.25) is 19.1 Å². The molecule has 0 bridgehead atoms. The molecule has 5 heterocycles. The second-order valence-corrected chi connectivity index (χ2v) is 11.1. The zero-order chi connectivity index (χ0) is 29.5. The lowest BCUT2D eigenvalue weighted by Gasteiger charge is -2.24. The topological polar surface area (TPSA) is 116 Å². The van der Waals surface area contributed by atoms with Crippen molar-refractivity contribution in [3.63, 3.8) is 0 Å². The van der Waals surface area contributed by atoms with E-state index in [1.165, 1.54) is 0 Å². The molecule has 0 radical (unpaired) electrons. The molecule has 11 heteroatoms. The van der Waals surface area contributed by atoms with Gasteiger partial charge in [-0.2, -0.15) is 5.10 Å². The number of aromatic nitrogens is 5. The number of nitrogens with one attached hydrogen (secondary N) is 2. The number of rotatable bonds is 6. The fraction of sp³-hybridized carbons (Fsp3) is 0.323. The average molecular weight is 586 g/mol. The van der Waals surface area contributed by atoms with Crippen LogP contribution in [0.1, 0.15) is 53.5 Å². The molecule has 1 amide bonds. The summed E-state index contributed by atoms with van der Waals surface area (Å²) in [5.41, 5.74) is 4.03. The van der Waals surface area contributed by atoms with Crippen LogP contribution >= 0.6 is 11.6 Å². The zero-order valence-corrected chi connectivity index (χ0v) is 24.7. The van der Waals surface area contributed by atoms with Crippen molar-refractivity contribution >= 4 is 39.3 Å². The van der Waals surface area contributed by atoms with Gasteiger partial charge in [0.2, 0.25) is 0 Å². The van der Waals surface area contributed by atoms with Crippen LogP contribution in [0, 0.1) is 6.92 Å². The Morgan fingerprint density at radius 1 is 1.14 bits per heavy atom. The number of carbonyl (C=O) groups excluding carboxylic acids is 1. The first kappa shape index (κ1) is 27.9. The predicted molar refractivity (Wildman–Crippen MR) is 163 cm³/mol. The van der Waals surface area contributed by atoms with E-state index < -0.39 is 6.10 Å². The highest BCUT2D eigenvalue weighted by atomic mass is 35.5. The van der Waals surface area contributed by atoms with Crippen LogP contribution in [-0.4, -0.2) is 50.4 Å². The molecular formula is C31H32ClN7O3. The van der Waals surface area contributed by atoms with E-state index in [1.54, 1.807) is 42.1 Å². The van der Waals surface area contributed by atoms with E-state index in [9.17, 15) is 9.59 Å². The minimum Gasteiger partial charge on any atom is -0.484 e. The first-order chi connectivity index (χ1) is 20.3. The number of carbonyl (C=O) groups is 1. The molecule has 1 aliphatic rings. The van der Waals surface area contributed by atoms with Gasteiger partial charge in [0.1, 0.15) is 34.0 Å². The molecule has 6 rings (SSSR count). The minimum atomic E-state index is -0.454. The van der Waals surface area contributed by atoms with Crippen LogP contribution in [-0.2, 0) is 7.05 Å². The SMILES string of the molecule is CNC(=O)c1ccc(-c2nc(Cl)ccc2OC(C)c2cc(C)cc3c(=O)n(C)c4c(cnn4C4CCNCC4)c23)cn1. The fourth-order valence-corrected chi connectivity index (χ4v) is 5.99. The third kappa shape index (κ3) is 4.90. The van der Waals surface area contributed by atoms with Crippen LogP contribution < -0.4 is 20.9 Å². The molecule has 1 aromatic carbocycles. The van der Waals surface area contributed by atoms with Gasteiger partial charge in [0, 0.05) is 47.6 Å². The predicted octanol–water partition coefficient (Wildman–Crippen LogP) is 4.73. The third-order valence-corrected chi connectivity index (χ3v) is 8.13. The number of nitrogens with zero attached hydrogens (tertiary/aromatic N) is 5. The van der Waals surface area contributed by atoms with Gasteiger partial charge >= 0.3 is 0 Å². The van der Waals surface area contributed by atoms with E-state index in [1.807, 2.05) is 37.8 Å². The summed E-state index contributed by atoms with van der Waals surface area (Å²) in [5, 5.41) is 13.5. The number of halogens is 1. The maximum absolute atomic E-state index is 13.7. The number of amides is 1. The summed E-state index contributed by atoms with van der Waals surface area (Å²) in [4.78, 5) is 34.5. The number of pyridine rings is 3. The van der Waals surface area contributed by atoms with Crippen LogP contribution in [0.15, 0.2) is 53.6 Å². The standard InChI is InChI=1S/C31H32ClN7O3/c1-17-13-21(18(2)42-25-7-8-26(32)37-28(25)19-5-6-24(35-15-19)29(40)33-3)27-22(14-17)31(41)38(4)30-23(27)16-36-39(30)20-9-11-34-12-10-20/h5-8,13-16,18,20,34H,9-12H2,1-4H3,(H,33,40). The van der Waals surface area contributed by atoms with Gasteiger partial charge in [0.25, 0.3) is 11.5 Å². The summed E-state index contributed by atoms with van der Waals surface area (Å²) < 4.78 is 10.3. The van der Waals surface area contributed by atoms with Gasteiger partial charge in [-0.1, -0.05) is 17.7 Å². The highest BCUT2D eigenvalue weighted by Crippen LogP contribution is 2.37. The van der Waals surface area contributed by atoms with Gasteiger partial charge in [-0.05, 0) is 75.7 Å². The van der Waals surface area contributed by atoms with E-state index in [0.717, 1.165) is 53.5 Å². The van der Waals surface area contributed by atoms with E-state index in [-0.39, 0.29) is 17.5 Å². The number of fused-ring (bicyclic) bond motifs is 3. The third-order valence-electron chi connectivity index (χ3n) is 7.92. The van der Waals surface area contributed by atoms with Gasteiger partial charge in [0.15, 0.2) is 0 Å².